The first-order chi connectivity index (χ1) is 11.1. The Hall–Kier alpha value is -3.03. The molecule has 0 saturated heterocycles. The fourth-order valence-corrected chi connectivity index (χ4v) is 2.26. The quantitative estimate of drug-likeness (QED) is 0.868. The molecule has 0 fully saturated rings. The van der Waals surface area contributed by atoms with Crippen molar-refractivity contribution < 1.29 is 9.59 Å². The number of nitrogens with zero attached hydrogens (tertiary/aromatic N) is 4. The molecule has 3 rings (SSSR count). The SMILES string of the molecule is CC(NC(=O)C1=NNC(=O)CC1)c1ccc(-n2cncn2)cc1. The zero-order valence-electron chi connectivity index (χ0n) is 12.6. The molecule has 118 valence electrons. The molecule has 8 heteroatoms. The number of carbonyl (C=O) groups is 2. The summed E-state index contributed by atoms with van der Waals surface area (Å²) in [5.74, 6) is -0.434. The summed E-state index contributed by atoms with van der Waals surface area (Å²) < 4.78 is 1.66. The van der Waals surface area contributed by atoms with Crippen molar-refractivity contribution in [2.75, 3.05) is 0 Å². The van der Waals surface area contributed by atoms with Crippen molar-refractivity contribution in [2.24, 2.45) is 5.10 Å². The van der Waals surface area contributed by atoms with Gasteiger partial charge in [0.05, 0.1) is 11.7 Å². The van der Waals surface area contributed by atoms with Gasteiger partial charge in [-0.1, -0.05) is 12.1 Å². The normalized spacial score (nSPS) is 15.5. The summed E-state index contributed by atoms with van der Waals surface area (Å²) in [5, 5.41) is 10.7. The van der Waals surface area contributed by atoms with Crippen molar-refractivity contribution in [1.82, 2.24) is 25.5 Å². The lowest BCUT2D eigenvalue weighted by atomic mass is 10.1. The van der Waals surface area contributed by atoms with Gasteiger partial charge in [-0.05, 0) is 24.6 Å². The van der Waals surface area contributed by atoms with Crippen LogP contribution in [0.2, 0.25) is 0 Å². The van der Waals surface area contributed by atoms with E-state index in [2.05, 4.69) is 25.9 Å². The van der Waals surface area contributed by atoms with E-state index < -0.39 is 0 Å². The summed E-state index contributed by atoms with van der Waals surface area (Å²) >= 11 is 0. The maximum atomic E-state index is 12.1. The molecule has 1 unspecified atom stereocenters. The average molecular weight is 312 g/mol. The Kier molecular flexibility index (Phi) is 4.13. The summed E-state index contributed by atoms with van der Waals surface area (Å²) in [6.45, 7) is 1.89. The lowest BCUT2D eigenvalue weighted by Crippen LogP contribution is -2.37. The third-order valence-corrected chi connectivity index (χ3v) is 3.59. The van der Waals surface area contributed by atoms with Gasteiger partial charge < -0.3 is 5.32 Å². The standard InChI is InChI=1S/C15H16N6O2/c1-10(18-15(23)13-6-7-14(22)20-19-13)11-2-4-12(5-3-11)21-9-16-8-17-21/h2-5,8-10H,6-7H2,1H3,(H,18,23)(H,20,22). The maximum Gasteiger partial charge on any atom is 0.267 e. The largest absolute Gasteiger partial charge is 0.344 e. The van der Waals surface area contributed by atoms with Gasteiger partial charge in [0.1, 0.15) is 18.4 Å². The third-order valence-electron chi connectivity index (χ3n) is 3.59. The van der Waals surface area contributed by atoms with Crippen LogP contribution in [0.25, 0.3) is 5.69 Å². The van der Waals surface area contributed by atoms with E-state index in [0.29, 0.717) is 12.1 Å². The molecular weight excluding hydrogens is 296 g/mol. The second kappa shape index (κ2) is 6.39. The van der Waals surface area contributed by atoms with Gasteiger partial charge in [-0.3, -0.25) is 9.59 Å². The Morgan fingerprint density at radius 1 is 1.30 bits per heavy atom. The molecule has 1 aliphatic rings. The topological polar surface area (TPSA) is 101 Å². The molecule has 2 aromatic rings. The van der Waals surface area contributed by atoms with E-state index in [0.717, 1.165) is 11.3 Å². The zero-order chi connectivity index (χ0) is 16.2. The number of hydrogen-bond acceptors (Lipinski definition) is 5. The highest BCUT2D eigenvalue weighted by molar-refractivity contribution is 6.39. The molecule has 8 nitrogen and oxygen atoms in total. The van der Waals surface area contributed by atoms with Crippen LogP contribution in [-0.4, -0.2) is 32.3 Å². The van der Waals surface area contributed by atoms with Crippen molar-refractivity contribution in [2.45, 2.75) is 25.8 Å². The fourth-order valence-electron chi connectivity index (χ4n) is 2.26. The molecule has 2 amide bonds. The summed E-state index contributed by atoms with van der Waals surface area (Å²) in [7, 11) is 0. The number of rotatable bonds is 4. The van der Waals surface area contributed by atoms with E-state index in [1.807, 2.05) is 31.2 Å². The third kappa shape index (κ3) is 3.42. The molecule has 0 spiro atoms. The molecule has 1 aromatic heterocycles. The van der Waals surface area contributed by atoms with Crippen LogP contribution in [0.15, 0.2) is 42.0 Å². The molecule has 1 aliphatic heterocycles. The second-order valence-electron chi connectivity index (χ2n) is 5.22. The highest BCUT2D eigenvalue weighted by Crippen LogP contribution is 2.15. The highest BCUT2D eigenvalue weighted by atomic mass is 16.2. The van der Waals surface area contributed by atoms with Gasteiger partial charge in [0.15, 0.2) is 0 Å². The monoisotopic (exact) mass is 312 g/mol. The molecule has 1 atom stereocenters. The lowest BCUT2D eigenvalue weighted by Gasteiger charge is -2.17. The number of benzene rings is 1. The first kappa shape index (κ1) is 14.9. The zero-order valence-corrected chi connectivity index (χ0v) is 12.6. The van der Waals surface area contributed by atoms with E-state index in [1.54, 1.807) is 11.0 Å². The Balaban J connectivity index is 1.65. The van der Waals surface area contributed by atoms with Gasteiger partial charge >= 0.3 is 0 Å². The molecule has 2 heterocycles. The summed E-state index contributed by atoms with van der Waals surface area (Å²) in [6.07, 6.45) is 3.74. The Morgan fingerprint density at radius 3 is 2.70 bits per heavy atom. The first-order valence-electron chi connectivity index (χ1n) is 7.25. The Labute approximate surface area is 132 Å². The minimum absolute atomic E-state index is 0.168. The number of amides is 2. The molecule has 0 bridgehead atoms. The summed E-state index contributed by atoms with van der Waals surface area (Å²) in [6, 6.07) is 7.49. The molecule has 0 radical (unpaired) electrons. The van der Waals surface area contributed by atoms with Crippen molar-refractivity contribution in [1.29, 1.82) is 0 Å². The second-order valence-corrected chi connectivity index (χ2v) is 5.22. The van der Waals surface area contributed by atoms with Crippen molar-refractivity contribution in [3.63, 3.8) is 0 Å². The molecular formula is C15H16N6O2. The van der Waals surface area contributed by atoms with E-state index in [4.69, 9.17) is 0 Å². The van der Waals surface area contributed by atoms with E-state index in [9.17, 15) is 9.59 Å². The molecule has 23 heavy (non-hydrogen) atoms. The maximum absolute atomic E-state index is 12.1. The number of aromatic nitrogens is 3. The van der Waals surface area contributed by atoms with Crippen molar-refractivity contribution in [3.8, 4) is 5.69 Å². The van der Waals surface area contributed by atoms with E-state index in [-0.39, 0.29) is 24.3 Å². The number of hydrogen-bond donors (Lipinski definition) is 2. The van der Waals surface area contributed by atoms with Crippen molar-refractivity contribution >= 4 is 17.5 Å². The van der Waals surface area contributed by atoms with E-state index >= 15 is 0 Å². The van der Waals surface area contributed by atoms with Crippen LogP contribution in [0.3, 0.4) is 0 Å². The van der Waals surface area contributed by atoms with Gasteiger partial charge in [0.2, 0.25) is 5.91 Å². The highest BCUT2D eigenvalue weighted by Gasteiger charge is 2.20. The fraction of sp³-hybridized carbons (Fsp3) is 0.267. The molecule has 2 N–H and O–H groups in total. The van der Waals surface area contributed by atoms with Crippen LogP contribution in [0.1, 0.15) is 31.4 Å². The smallest absolute Gasteiger partial charge is 0.267 e. The Bertz CT molecular complexity index is 736. The average Bonchev–Trinajstić information content (AvgIpc) is 3.10. The number of nitrogens with one attached hydrogen (secondary N) is 2. The minimum atomic E-state index is -0.266. The van der Waals surface area contributed by atoms with Crippen molar-refractivity contribution in [3.05, 3.63) is 42.5 Å². The van der Waals surface area contributed by atoms with Crippen LogP contribution in [-0.2, 0) is 9.59 Å². The van der Waals surface area contributed by atoms with Gasteiger partial charge in [-0.25, -0.2) is 15.1 Å². The Morgan fingerprint density at radius 2 is 2.09 bits per heavy atom. The van der Waals surface area contributed by atoms with Gasteiger partial charge in [-0.2, -0.15) is 10.2 Å². The van der Waals surface area contributed by atoms with Gasteiger partial charge in [0, 0.05) is 12.8 Å². The van der Waals surface area contributed by atoms with Crippen LogP contribution < -0.4 is 10.7 Å². The lowest BCUT2D eigenvalue weighted by molar-refractivity contribution is -0.121. The van der Waals surface area contributed by atoms with Crippen LogP contribution >= 0.6 is 0 Å². The first-order valence-corrected chi connectivity index (χ1v) is 7.25. The number of hydrazone groups is 1. The van der Waals surface area contributed by atoms with Gasteiger partial charge in [-0.15, -0.1) is 0 Å². The predicted octanol–water partition coefficient (Wildman–Crippen LogP) is 0.710. The van der Waals surface area contributed by atoms with Gasteiger partial charge in [0.25, 0.3) is 5.91 Å². The summed E-state index contributed by atoms with van der Waals surface area (Å²) in [5.41, 5.74) is 4.52. The minimum Gasteiger partial charge on any atom is -0.344 e. The molecule has 0 saturated carbocycles. The van der Waals surface area contributed by atoms with Crippen LogP contribution in [0.5, 0.6) is 0 Å². The predicted molar refractivity (Wildman–Crippen MR) is 82.7 cm³/mol. The number of carbonyl (C=O) groups excluding carboxylic acids is 2. The van der Waals surface area contributed by atoms with Crippen LogP contribution in [0, 0.1) is 0 Å². The molecule has 1 aromatic carbocycles. The molecule has 0 aliphatic carbocycles. The van der Waals surface area contributed by atoms with E-state index in [1.165, 1.54) is 6.33 Å². The van der Waals surface area contributed by atoms with Crippen LogP contribution in [0.4, 0.5) is 0 Å². The summed E-state index contributed by atoms with van der Waals surface area (Å²) in [4.78, 5) is 27.1.